The zero-order chi connectivity index (χ0) is 16.9. The van der Waals surface area contributed by atoms with Crippen molar-refractivity contribution in [2.24, 2.45) is 33.8 Å². The van der Waals surface area contributed by atoms with E-state index >= 15 is 0 Å². The molecule has 1 N–H and O–H groups in total. The summed E-state index contributed by atoms with van der Waals surface area (Å²) in [6, 6.07) is 0. The largest absolute Gasteiger partial charge is 0.393 e. The van der Waals surface area contributed by atoms with Crippen LogP contribution in [-0.4, -0.2) is 17.8 Å². The van der Waals surface area contributed by atoms with Crippen molar-refractivity contribution in [1.82, 2.24) is 0 Å². The summed E-state index contributed by atoms with van der Waals surface area (Å²) in [7, 11) is 0. The number of nitroso groups, excluding NO2 is 1. The summed E-state index contributed by atoms with van der Waals surface area (Å²) in [5, 5.41) is 13.1. The van der Waals surface area contributed by atoms with E-state index in [-0.39, 0.29) is 6.10 Å². The standard InChI is InChI=1S/C21H31NO2/c1-20-11-8-19-17(18(20)6-4-14(20)9-12-22-24)5-3-15-13-16(23)7-10-21(15,19)2/h3,9,16-19,23H,4-8,10-13H2,1-2H3/b14-9+. The molecule has 132 valence electrons. The predicted molar refractivity (Wildman–Crippen MR) is 96.5 cm³/mol. The van der Waals surface area contributed by atoms with Crippen molar-refractivity contribution >= 4 is 0 Å². The van der Waals surface area contributed by atoms with Crippen molar-refractivity contribution in [3.63, 3.8) is 0 Å². The van der Waals surface area contributed by atoms with Crippen LogP contribution in [0.3, 0.4) is 0 Å². The van der Waals surface area contributed by atoms with Gasteiger partial charge >= 0.3 is 0 Å². The van der Waals surface area contributed by atoms with Crippen LogP contribution in [0.1, 0.15) is 65.2 Å². The predicted octanol–water partition coefficient (Wildman–Crippen LogP) is 5.00. The average Bonchev–Trinajstić information content (AvgIpc) is 2.90. The summed E-state index contributed by atoms with van der Waals surface area (Å²) in [6.07, 6.45) is 13.7. The first-order valence-corrected chi connectivity index (χ1v) is 9.85. The Morgan fingerprint density at radius 2 is 1.96 bits per heavy atom. The molecule has 0 radical (unpaired) electrons. The lowest BCUT2D eigenvalue weighted by atomic mass is 9.48. The molecule has 0 aromatic rings. The molecule has 0 aromatic carbocycles. The lowest BCUT2D eigenvalue weighted by molar-refractivity contribution is -0.0268. The molecule has 3 nitrogen and oxygen atoms in total. The number of fused-ring (bicyclic) bond motifs is 5. The second kappa shape index (κ2) is 5.79. The molecular formula is C21H31NO2. The third kappa shape index (κ3) is 2.27. The molecule has 0 aliphatic heterocycles. The number of rotatable bonds is 2. The van der Waals surface area contributed by atoms with Gasteiger partial charge in [0.05, 0.1) is 12.6 Å². The van der Waals surface area contributed by atoms with E-state index in [0.717, 1.165) is 43.4 Å². The van der Waals surface area contributed by atoms with Gasteiger partial charge in [0.2, 0.25) is 0 Å². The van der Waals surface area contributed by atoms with Gasteiger partial charge in [0.25, 0.3) is 0 Å². The molecule has 3 heteroatoms. The van der Waals surface area contributed by atoms with Gasteiger partial charge in [0.1, 0.15) is 0 Å². The van der Waals surface area contributed by atoms with E-state index in [1.807, 2.05) is 0 Å². The zero-order valence-electron chi connectivity index (χ0n) is 15.1. The summed E-state index contributed by atoms with van der Waals surface area (Å²) in [5.74, 6) is 2.32. The van der Waals surface area contributed by atoms with Crippen molar-refractivity contribution in [3.8, 4) is 0 Å². The molecule has 0 aromatic heterocycles. The number of hydrogen-bond acceptors (Lipinski definition) is 3. The van der Waals surface area contributed by atoms with Gasteiger partial charge in [-0.3, -0.25) is 0 Å². The highest BCUT2D eigenvalue weighted by Crippen LogP contribution is 2.66. The van der Waals surface area contributed by atoms with Crippen LogP contribution in [0, 0.1) is 33.5 Å². The summed E-state index contributed by atoms with van der Waals surface area (Å²) in [6.45, 7) is 5.27. The molecule has 0 saturated heterocycles. The molecule has 0 amide bonds. The molecule has 4 aliphatic carbocycles. The highest BCUT2D eigenvalue weighted by molar-refractivity contribution is 5.29. The summed E-state index contributed by atoms with van der Waals surface area (Å²) in [4.78, 5) is 10.6. The maximum Gasteiger partial charge on any atom is 0.0995 e. The second-order valence-electron chi connectivity index (χ2n) is 9.19. The van der Waals surface area contributed by atoms with Crippen LogP contribution in [0.5, 0.6) is 0 Å². The van der Waals surface area contributed by atoms with E-state index in [4.69, 9.17) is 0 Å². The Balaban J connectivity index is 1.64. The molecule has 0 heterocycles. The van der Waals surface area contributed by atoms with Gasteiger partial charge in [-0.2, -0.15) is 4.91 Å². The van der Waals surface area contributed by atoms with Crippen LogP contribution in [0.4, 0.5) is 0 Å². The Labute approximate surface area is 145 Å². The summed E-state index contributed by atoms with van der Waals surface area (Å²) >= 11 is 0. The minimum absolute atomic E-state index is 0.119. The van der Waals surface area contributed by atoms with E-state index in [9.17, 15) is 10.0 Å². The fourth-order valence-corrected chi connectivity index (χ4v) is 6.97. The fraction of sp³-hybridized carbons (Fsp3) is 0.810. The Morgan fingerprint density at radius 3 is 2.75 bits per heavy atom. The lowest BCUT2D eigenvalue weighted by Gasteiger charge is -2.57. The van der Waals surface area contributed by atoms with Gasteiger partial charge < -0.3 is 5.11 Å². The Kier molecular flexibility index (Phi) is 3.98. The van der Waals surface area contributed by atoms with Gasteiger partial charge in [-0.25, -0.2) is 0 Å². The van der Waals surface area contributed by atoms with Gasteiger partial charge in [0, 0.05) is 0 Å². The normalized spacial score (nSPS) is 49.1. The van der Waals surface area contributed by atoms with Crippen LogP contribution in [-0.2, 0) is 0 Å². The maximum atomic E-state index is 10.6. The van der Waals surface area contributed by atoms with Crippen LogP contribution in [0.15, 0.2) is 28.5 Å². The molecule has 6 unspecified atom stereocenters. The number of hydrogen-bond donors (Lipinski definition) is 1. The number of aliphatic hydroxyl groups excluding tert-OH is 1. The first-order valence-electron chi connectivity index (χ1n) is 9.85. The summed E-state index contributed by atoms with van der Waals surface area (Å²) < 4.78 is 0. The zero-order valence-corrected chi connectivity index (χ0v) is 15.1. The van der Waals surface area contributed by atoms with Crippen molar-refractivity contribution in [2.75, 3.05) is 6.54 Å². The molecule has 3 fully saturated rings. The van der Waals surface area contributed by atoms with Crippen molar-refractivity contribution in [1.29, 1.82) is 0 Å². The van der Waals surface area contributed by atoms with Crippen molar-refractivity contribution < 1.29 is 5.11 Å². The van der Waals surface area contributed by atoms with Gasteiger partial charge in [-0.1, -0.05) is 42.3 Å². The van der Waals surface area contributed by atoms with E-state index in [1.165, 1.54) is 31.3 Å². The molecule has 4 aliphatic rings. The van der Waals surface area contributed by atoms with Crippen LogP contribution in [0.2, 0.25) is 0 Å². The topological polar surface area (TPSA) is 49.7 Å². The second-order valence-corrected chi connectivity index (χ2v) is 9.19. The van der Waals surface area contributed by atoms with Gasteiger partial charge in [-0.05, 0) is 80.0 Å². The van der Waals surface area contributed by atoms with Gasteiger partial charge in [0.15, 0.2) is 0 Å². The first kappa shape index (κ1) is 16.5. The van der Waals surface area contributed by atoms with E-state index in [0.29, 0.717) is 17.4 Å². The Morgan fingerprint density at radius 1 is 1.21 bits per heavy atom. The molecular weight excluding hydrogens is 298 g/mol. The van der Waals surface area contributed by atoms with E-state index < -0.39 is 0 Å². The Hall–Kier alpha value is -0.960. The van der Waals surface area contributed by atoms with E-state index in [2.05, 4.69) is 31.2 Å². The number of allylic oxidation sites excluding steroid dienone is 2. The lowest BCUT2D eigenvalue weighted by Crippen LogP contribution is -2.49. The average molecular weight is 329 g/mol. The smallest absolute Gasteiger partial charge is 0.0995 e. The monoisotopic (exact) mass is 329 g/mol. The molecule has 0 spiro atoms. The van der Waals surface area contributed by atoms with Crippen molar-refractivity contribution in [2.45, 2.75) is 71.3 Å². The molecule has 6 atom stereocenters. The van der Waals surface area contributed by atoms with E-state index in [1.54, 1.807) is 5.57 Å². The fourth-order valence-electron chi connectivity index (χ4n) is 6.97. The van der Waals surface area contributed by atoms with Crippen molar-refractivity contribution in [3.05, 3.63) is 28.2 Å². The number of nitrogens with zero attached hydrogens (tertiary/aromatic N) is 1. The van der Waals surface area contributed by atoms with Crippen LogP contribution >= 0.6 is 0 Å². The third-order valence-corrected chi connectivity index (χ3v) is 8.34. The quantitative estimate of drug-likeness (QED) is 0.572. The molecule has 0 bridgehead atoms. The van der Waals surface area contributed by atoms with Crippen LogP contribution < -0.4 is 0 Å². The first-order chi connectivity index (χ1) is 11.5. The van der Waals surface area contributed by atoms with Crippen LogP contribution in [0.25, 0.3) is 0 Å². The molecule has 24 heavy (non-hydrogen) atoms. The highest BCUT2D eigenvalue weighted by Gasteiger charge is 2.56. The minimum atomic E-state index is -0.119. The van der Waals surface area contributed by atoms with Gasteiger partial charge in [-0.15, -0.1) is 0 Å². The number of aliphatic hydroxyl groups is 1. The highest BCUT2D eigenvalue weighted by atomic mass is 16.3. The molecule has 4 rings (SSSR count). The summed E-state index contributed by atoms with van der Waals surface area (Å²) in [5.41, 5.74) is 3.66. The SMILES string of the molecule is CC12CCC(O)CC1=CCC1C2CCC2(C)/C(=C/CN=O)CCC12. The maximum absolute atomic E-state index is 10.6. The Bertz CT molecular complexity index is 595. The minimum Gasteiger partial charge on any atom is -0.393 e. The third-order valence-electron chi connectivity index (χ3n) is 8.34. The molecule has 3 saturated carbocycles.